The summed E-state index contributed by atoms with van der Waals surface area (Å²) in [5.41, 5.74) is 2.48. The minimum absolute atomic E-state index is 0.104. The van der Waals surface area contributed by atoms with E-state index in [1.807, 2.05) is 60.7 Å². The van der Waals surface area contributed by atoms with Crippen molar-refractivity contribution >= 4 is 27.3 Å². The van der Waals surface area contributed by atoms with Gasteiger partial charge in [0.2, 0.25) is 5.78 Å². The van der Waals surface area contributed by atoms with E-state index in [0.717, 1.165) is 27.4 Å². The molecule has 0 amide bonds. The third-order valence-electron chi connectivity index (χ3n) is 4.86. The Kier molecular flexibility index (Phi) is 3.58. The molecule has 0 bridgehead atoms. The molecule has 0 aliphatic rings. The molecule has 3 heteroatoms. The summed E-state index contributed by atoms with van der Waals surface area (Å²) >= 11 is 0. The first-order chi connectivity index (χ1) is 13.3. The van der Waals surface area contributed by atoms with Gasteiger partial charge >= 0.3 is 0 Å². The molecule has 0 unspecified atom stereocenters. The highest BCUT2D eigenvalue weighted by molar-refractivity contribution is 6.08. The number of nitrogens with zero attached hydrogens (tertiary/aromatic N) is 1. The Hall–Kier alpha value is -3.72. The van der Waals surface area contributed by atoms with Gasteiger partial charge in [0.05, 0.1) is 11.9 Å². The van der Waals surface area contributed by atoms with E-state index in [1.165, 1.54) is 5.39 Å². The van der Waals surface area contributed by atoms with Gasteiger partial charge in [-0.15, -0.1) is 0 Å². The van der Waals surface area contributed by atoms with Gasteiger partial charge in [-0.25, -0.2) is 4.98 Å². The molecule has 0 saturated heterocycles. The van der Waals surface area contributed by atoms with Crippen LogP contribution < -0.4 is 0 Å². The van der Waals surface area contributed by atoms with Crippen molar-refractivity contribution in [2.24, 2.45) is 0 Å². The molecule has 0 aliphatic carbocycles. The number of rotatable bonds is 3. The molecular weight excluding hydrogens is 332 g/mol. The highest BCUT2D eigenvalue weighted by Crippen LogP contribution is 2.24. The lowest BCUT2D eigenvalue weighted by atomic mass is 10.0. The van der Waals surface area contributed by atoms with E-state index in [0.29, 0.717) is 11.4 Å². The maximum Gasteiger partial charge on any atom is 0.228 e. The number of aromatic amines is 1. The Morgan fingerprint density at radius 3 is 2.07 bits per heavy atom. The van der Waals surface area contributed by atoms with E-state index in [1.54, 1.807) is 6.20 Å². The summed E-state index contributed by atoms with van der Waals surface area (Å²) in [7, 11) is 0. The first-order valence-corrected chi connectivity index (χ1v) is 8.86. The zero-order chi connectivity index (χ0) is 18.2. The number of nitrogens with one attached hydrogen (secondary N) is 1. The van der Waals surface area contributed by atoms with Crippen LogP contribution in [0.1, 0.15) is 16.2 Å². The van der Waals surface area contributed by atoms with Crippen molar-refractivity contribution in [1.82, 2.24) is 9.97 Å². The molecular formula is C24H16N2O. The largest absolute Gasteiger partial charge is 0.335 e. The van der Waals surface area contributed by atoms with Crippen LogP contribution in [-0.4, -0.2) is 15.8 Å². The SMILES string of the molecule is O=C(c1ccc2ccccc2c1)c1ncc(-c2ccc3ccccc3c2)[nH]1. The number of ketones is 1. The Balaban J connectivity index is 1.50. The van der Waals surface area contributed by atoms with Crippen LogP contribution in [0.5, 0.6) is 0 Å². The molecule has 27 heavy (non-hydrogen) atoms. The van der Waals surface area contributed by atoms with Gasteiger partial charge in [-0.05, 0) is 33.7 Å². The fraction of sp³-hybridized carbons (Fsp3) is 0. The average Bonchev–Trinajstić information content (AvgIpc) is 3.23. The van der Waals surface area contributed by atoms with E-state index in [9.17, 15) is 4.79 Å². The fourth-order valence-electron chi connectivity index (χ4n) is 3.41. The van der Waals surface area contributed by atoms with E-state index in [2.05, 4.69) is 34.2 Å². The number of hydrogen-bond acceptors (Lipinski definition) is 2. The summed E-state index contributed by atoms with van der Waals surface area (Å²) in [4.78, 5) is 20.4. The van der Waals surface area contributed by atoms with E-state index >= 15 is 0 Å². The number of benzene rings is 4. The smallest absolute Gasteiger partial charge is 0.228 e. The van der Waals surface area contributed by atoms with Gasteiger partial charge in [-0.3, -0.25) is 4.79 Å². The van der Waals surface area contributed by atoms with Gasteiger partial charge in [-0.1, -0.05) is 72.8 Å². The van der Waals surface area contributed by atoms with Crippen molar-refractivity contribution in [1.29, 1.82) is 0 Å². The molecule has 1 N–H and O–H groups in total. The number of aromatic nitrogens is 2. The molecule has 1 heterocycles. The van der Waals surface area contributed by atoms with Gasteiger partial charge in [0, 0.05) is 11.1 Å². The summed E-state index contributed by atoms with van der Waals surface area (Å²) in [6.07, 6.45) is 1.72. The predicted octanol–water partition coefficient (Wildman–Crippen LogP) is 5.61. The minimum atomic E-state index is -0.104. The third-order valence-corrected chi connectivity index (χ3v) is 4.86. The maximum atomic E-state index is 12.9. The maximum absolute atomic E-state index is 12.9. The summed E-state index contributed by atoms with van der Waals surface area (Å²) in [6, 6.07) is 28.2. The molecule has 128 valence electrons. The van der Waals surface area contributed by atoms with Crippen molar-refractivity contribution in [3.63, 3.8) is 0 Å². The summed E-state index contributed by atoms with van der Waals surface area (Å²) in [5, 5.41) is 4.51. The highest BCUT2D eigenvalue weighted by Gasteiger charge is 2.14. The molecule has 3 nitrogen and oxygen atoms in total. The Labute approximate surface area is 156 Å². The molecule has 0 aliphatic heterocycles. The normalized spacial score (nSPS) is 11.1. The van der Waals surface area contributed by atoms with Crippen LogP contribution in [0.4, 0.5) is 0 Å². The van der Waals surface area contributed by atoms with Crippen LogP contribution in [0, 0.1) is 0 Å². The fourth-order valence-corrected chi connectivity index (χ4v) is 3.41. The molecule has 1 aromatic heterocycles. The number of carbonyl (C=O) groups excluding carboxylic acids is 1. The Morgan fingerprint density at radius 1 is 0.704 bits per heavy atom. The van der Waals surface area contributed by atoms with E-state index < -0.39 is 0 Å². The van der Waals surface area contributed by atoms with E-state index in [4.69, 9.17) is 0 Å². The van der Waals surface area contributed by atoms with Gasteiger partial charge in [0.1, 0.15) is 0 Å². The molecule has 0 saturated carbocycles. The average molecular weight is 348 g/mol. The lowest BCUT2D eigenvalue weighted by molar-refractivity contribution is 0.103. The number of hydrogen-bond donors (Lipinski definition) is 1. The van der Waals surface area contributed by atoms with Crippen LogP contribution in [0.15, 0.2) is 91.1 Å². The summed E-state index contributed by atoms with van der Waals surface area (Å²) in [6.45, 7) is 0. The molecule has 5 rings (SSSR count). The Morgan fingerprint density at radius 2 is 1.33 bits per heavy atom. The van der Waals surface area contributed by atoms with E-state index in [-0.39, 0.29) is 5.78 Å². The standard InChI is InChI=1S/C24H16N2O/c27-23(21-12-10-17-6-2-4-8-19(17)14-21)24-25-15-22(26-24)20-11-9-16-5-1-3-7-18(16)13-20/h1-15H,(H,25,26). The highest BCUT2D eigenvalue weighted by atomic mass is 16.1. The second kappa shape index (κ2) is 6.22. The van der Waals surface area contributed by atoms with Crippen LogP contribution in [0.3, 0.4) is 0 Å². The Bertz CT molecular complexity index is 1300. The lowest BCUT2D eigenvalue weighted by Gasteiger charge is -2.02. The second-order valence-corrected chi connectivity index (χ2v) is 6.60. The number of carbonyl (C=O) groups is 1. The number of fused-ring (bicyclic) bond motifs is 2. The molecule has 0 fully saturated rings. The van der Waals surface area contributed by atoms with Crippen molar-refractivity contribution in [3.8, 4) is 11.3 Å². The van der Waals surface area contributed by atoms with Crippen molar-refractivity contribution in [3.05, 3.63) is 103 Å². The first-order valence-electron chi connectivity index (χ1n) is 8.86. The van der Waals surface area contributed by atoms with Gasteiger partial charge < -0.3 is 4.98 Å². The van der Waals surface area contributed by atoms with Crippen LogP contribution in [-0.2, 0) is 0 Å². The monoisotopic (exact) mass is 348 g/mol. The van der Waals surface area contributed by atoms with Gasteiger partial charge in [0.15, 0.2) is 5.82 Å². The zero-order valence-corrected chi connectivity index (χ0v) is 14.5. The van der Waals surface area contributed by atoms with Gasteiger partial charge in [-0.2, -0.15) is 0 Å². The van der Waals surface area contributed by atoms with Crippen LogP contribution in [0.2, 0.25) is 0 Å². The predicted molar refractivity (Wildman–Crippen MR) is 109 cm³/mol. The summed E-state index contributed by atoms with van der Waals surface area (Å²) < 4.78 is 0. The van der Waals surface area contributed by atoms with Crippen molar-refractivity contribution in [2.45, 2.75) is 0 Å². The van der Waals surface area contributed by atoms with Crippen molar-refractivity contribution < 1.29 is 4.79 Å². The number of imidazole rings is 1. The molecule has 4 aromatic carbocycles. The van der Waals surface area contributed by atoms with Crippen LogP contribution in [0.25, 0.3) is 32.8 Å². The van der Waals surface area contributed by atoms with Gasteiger partial charge in [0.25, 0.3) is 0 Å². The van der Waals surface area contributed by atoms with Crippen molar-refractivity contribution in [2.75, 3.05) is 0 Å². The molecule has 5 aromatic rings. The number of H-pyrrole nitrogens is 1. The third kappa shape index (κ3) is 2.79. The minimum Gasteiger partial charge on any atom is -0.335 e. The zero-order valence-electron chi connectivity index (χ0n) is 14.5. The molecule has 0 atom stereocenters. The topological polar surface area (TPSA) is 45.8 Å². The van der Waals surface area contributed by atoms with Crippen LogP contribution >= 0.6 is 0 Å². The molecule has 0 radical (unpaired) electrons. The first kappa shape index (κ1) is 15.5. The lowest BCUT2D eigenvalue weighted by Crippen LogP contribution is -2.03. The quantitative estimate of drug-likeness (QED) is 0.431. The summed E-state index contributed by atoms with van der Waals surface area (Å²) in [5.74, 6) is 0.251. The molecule has 0 spiro atoms. The second-order valence-electron chi connectivity index (χ2n) is 6.60.